The fourth-order valence-electron chi connectivity index (χ4n) is 3.04. The van der Waals surface area contributed by atoms with Crippen LogP contribution in [-0.4, -0.2) is 79.3 Å². The molecule has 1 amide bonds. The van der Waals surface area contributed by atoms with E-state index in [1.165, 1.54) is 8.61 Å². The molecule has 2 aliphatic rings. The smallest absolute Gasteiger partial charge is 0.282 e. The van der Waals surface area contributed by atoms with E-state index >= 15 is 0 Å². The van der Waals surface area contributed by atoms with E-state index in [2.05, 4.69) is 0 Å². The molecule has 0 N–H and O–H groups in total. The predicted octanol–water partition coefficient (Wildman–Crippen LogP) is 0.532. The number of hydrogen-bond donors (Lipinski definition) is 0. The minimum absolute atomic E-state index is 0.0572. The first-order valence-corrected chi connectivity index (χ1v) is 9.71. The molecule has 0 unspecified atom stereocenters. The van der Waals surface area contributed by atoms with Crippen LogP contribution in [-0.2, 0) is 19.7 Å². The molecule has 0 aliphatic carbocycles. The number of carbonyl (C=O) groups is 1. The van der Waals surface area contributed by atoms with E-state index in [4.69, 9.17) is 4.74 Å². The van der Waals surface area contributed by atoms with Crippen LogP contribution in [0.25, 0.3) is 0 Å². The number of carbonyl (C=O) groups excluding carboxylic acids is 1. The van der Waals surface area contributed by atoms with Gasteiger partial charge >= 0.3 is 0 Å². The van der Waals surface area contributed by atoms with Crippen molar-refractivity contribution in [3.63, 3.8) is 0 Å². The van der Waals surface area contributed by atoms with E-state index in [0.29, 0.717) is 52.3 Å². The Balaban J connectivity index is 2.05. The van der Waals surface area contributed by atoms with E-state index in [-0.39, 0.29) is 11.8 Å². The lowest BCUT2D eigenvalue weighted by molar-refractivity contribution is -0.134. The first-order chi connectivity index (χ1) is 10.6. The molecule has 23 heavy (non-hydrogen) atoms. The summed E-state index contributed by atoms with van der Waals surface area (Å²) in [7, 11) is -3.50. The Morgan fingerprint density at radius 3 is 2.35 bits per heavy atom. The summed E-state index contributed by atoms with van der Waals surface area (Å²) < 4.78 is 34.4. The summed E-state index contributed by atoms with van der Waals surface area (Å²) in [5.74, 6) is 0.0370. The highest BCUT2D eigenvalue weighted by Gasteiger charge is 2.38. The molecule has 2 fully saturated rings. The number of nitrogens with zero attached hydrogens (tertiary/aromatic N) is 3. The zero-order valence-electron chi connectivity index (χ0n) is 14.6. The van der Waals surface area contributed by atoms with Gasteiger partial charge in [-0.25, -0.2) is 0 Å². The quantitative estimate of drug-likeness (QED) is 0.747. The summed E-state index contributed by atoms with van der Waals surface area (Å²) in [6.45, 7) is 10.6. The second-order valence-electron chi connectivity index (χ2n) is 7.18. The summed E-state index contributed by atoms with van der Waals surface area (Å²) in [4.78, 5) is 13.9. The number of rotatable bonds is 3. The van der Waals surface area contributed by atoms with Gasteiger partial charge in [0.05, 0.1) is 12.2 Å². The molecule has 0 aromatic rings. The topological polar surface area (TPSA) is 70.2 Å². The van der Waals surface area contributed by atoms with Crippen molar-refractivity contribution < 1.29 is 17.9 Å². The van der Waals surface area contributed by atoms with Gasteiger partial charge in [-0.05, 0) is 20.3 Å². The Hall–Kier alpha value is -0.700. The van der Waals surface area contributed by atoms with Gasteiger partial charge in [0.25, 0.3) is 10.2 Å². The molecule has 0 aromatic carbocycles. The SMILES string of the molecule is CC(C)C(=O)N1CCCN(S(=O)(=O)N2CCOC(C)(C)C2)CC1. The van der Waals surface area contributed by atoms with Crippen molar-refractivity contribution in [2.24, 2.45) is 5.92 Å². The molecule has 7 nitrogen and oxygen atoms in total. The third-order valence-electron chi connectivity index (χ3n) is 4.30. The lowest BCUT2D eigenvalue weighted by Gasteiger charge is -2.39. The van der Waals surface area contributed by atoms with Gasteiger partial charge in [0, 0.05) is 45.2 Å². The Bertz CT molecular complexity index is 533. The van der Waals surface area contributed by atoms with Crippen LogP contribution < -0.4 is 0 Å². The van der Waals surface area contributed by atoms with Gasteiger partial charge in [0.15, 0.2) is 0 Å². The number of morpholine rings is 1. The Labute approximate surface area is 139 Å². The predicted molar refractivity (Wildman–Crippen MR) is 88.1 cm³/mol. The van der Waals surface area contributed by atoms with Crippen LogP contribution in [0.5, 0.6) is 0 Å². The molecular weight excluding hydrogens is 318 g/mol. The van der Waals surface area contributed by atoms with Gasteiger partial charge in [-0.15, -0.1) is 0 Å². The second kappa shape index (κ2) is 7.04. The van der Waals surface area contributed by atoms with Crippen LogP contribution >= 0.6 is 0 Å². The van der Waals surface area contributed by atoms with Gasteiger partial charge in [-0.1, -0.05) is 13.8 Å². The molecular formula is C15H29N3O4S. The molecule has 2 rings (SSSR count). The minimum atomic E-state index is -3.50. The zero-order chi connectivity index (χ0) is 17.3. The Morgan fingerprint density at radius 2 is 1.74 bits per heavy atom. The molecule has 2 aliphatic heterocycles. The van der Waals surface area contributed by atoms with Crippen LogP contribution in [0.2, 0.25) is 0 Å². The van der Waals surface area contributed by atoms with Crippen LogP contribution in [0, 0.1) is 5.92 Å². The average Bonchev–Trinajstić information content (AvgIpc) is 2.71. The monoisotopic (exact) mass is 347 g/mol. The maximum Gasteiger partial charge on any atom is 0.282 e. The van der Waals surface area contributed by atoms with Crippen molar-refractivity contribution in [1.29, 1.82) is 0 Å². The maximum atomic E-state index is 12.9. The summed E-state index contributed by atoms with van der Waals surface area (Å²) in [6.07, 6.45) is 0.672. The summed E-state index contributed by atoms with van der Waals surface area (Å²) in [6, 6.07) is 0. The van der Waals surface area contributed by atoms with Crippen molar-refractivity contribution in [1.82, 2.24) is 13.5 Å². The zero-order valence-corrected chi connectivity index (χ0v) is 15.4. The van der Waals surface area contributed by atoms with Crippen LogP contribution in [0.15, 0.2) is 0 Å². The number of hydrogen-bond acceptors (Lipinski definition) is 4. The van der Waals surface area contributed by atoms with E-state index in [9.17, 15) is 13.2 Å². The number of ether oxygens (including phenoxy) is 1. The third kappa shape index (κ3) is 4.43. The van der Waals surface area contributed by atoms with Crippen LogP contribution in [0.1, 0.15) is 34.1 Å². The normalized spacial score (nSPS) is 24.7. The fourth-order valence-corrected chi connectivity index (χ4v) is 4.82. The highest BCUT2D eigenvalue weighted by Crippen LogP contribution is 2.22. The maximum absolute atomic E-state index is 12.9. The van der Waals surface area contributed by atoms with Gasteiger partial charge in [0.1, 0.15) is 0 Å². The molecule has 0 aromatic heterocycles. The van der Waals surface area contributed by atoms with Crippen molar-refractivity contribution in [3.05, 3.63) is 0 Å². The van der Waals surface area contributed by atoms with Crippen molar-refractivity contribution in [2.75, 3.05) is 45.9 Å². The molecule has 0 bridgehead atoms. The summed E-state index contributed by atoms with van der Waals surface area (Å²) >= 11 is 0. The number of amides is 1. The standard InChI is InChI=1S/C15H29N3O4S/c1-13(2)14(19)16-6-5-7-17(9-8-16)23(20,21)18-10-11-22-15(3,4)12-18/h13H,5-12H2,1-4H3. The third-order valence-corrected chi connectivity index (χ3v) is 6.29. The highest BCUT2D eigenvalue weighted by molar-refractivity contribution is 7.86. The molecule has 2 heterocycles. The van der Waals surface area contributed by atoms with Gasteiger partial charge in [-0.3, -0.25) is 4.79 Å². The van der Waals surface area contributed by atoms with Crippen molar-refractivity contribution in [2.45, 2.75) is 39.7 Å². The molecule has 8 heteroatoms. The molecule has 0 saturated carbocycles. The Morgan fingerprint density at radius 1 is 1.04 bits per heavy atom. The van der Waals surface area contributed by atoms with E-state index in [0.717, 1.165) is 0 Å². The lowest BCUT2D eigenvalue weighted by Crippen LogP contribution is -2.55. The van der Waals surface area contributed by atoms with Gasteiger partial charge in [-0.2, -0.15) is 17.0 Å². The molecule has 0 atom stereocenters. The first-order valence-electron chi connectivity index (χ1n) is 8.31. The fraction of sp³-hybridized carbons (Fsp3) is 0.933. The molecule has 134 valence electrons. The molecule has 2 saturated heterocycles. The van der Waals surface area contributed by atoms with Crippen LogP contribution in [0.4, 0.5) is 0 Å². The first kappa shape index (κ1) is 18.6. The molecule has 0 spiro atoms. The molecule has 0 radical (unpaired) electrons. The van der Waals surface area contributed by atoms with E-state index < -0.39 is 15.8 Å². The highest BCUT2D eigenvalue weighted by atomic mass is 32.2. The minimum Gasteiger partial charge on any atom is -0.373 e. The van der Waals surface area contributed by atoms with E-state index in [1.54, 1.807) is 4.90 Å². The van der Waals surface area contributed by atoms with Crippen molar-refractivity contribution in [3.8, 4) is 0 Å². The second-order valence-corrected chi connectivity index (χ2v) is 9.11. The van der Waals surface area contributed by atoms with Gasteiger partial charge < -0.3 is 9.64 Å². The van der Waals surface area contributed by atoms with Gasteiger partial charge in [0.2, 0.25) is 5.91 Å². The summed E-state index contributed by atoms with van der Waals surface area (Å²) in [5.41, 5.74) is -0.461. The van der Waals surface area contributed by atoms with Crippen molar-refractivity contribution >= 4 is 16.1 Å². The Kier molecular flexibility index (Phi) is 5.71. The van der Waals surface area contributed by atoms with E-state index in [1.807, 2.05) is 27.7 Å². The average molecular weight is 347 g/mol. The largest absolute Gasteiger partial charge is 0.373 e. The summed E-state index contributed by atoms with van der Waals surface area (Å²) in [5, 5.41) is 0. The lowest BCUT2D eigenvalue weighted by atomic mass is 10.1. The van der Waals surface area contributed by atoms with Crippen LogP contribution in [0.3, 0.4) is 0 Å².